The molecule has 0 aromatic heterocycles. The maximum absolute atomic E-state index is 10.5. The van der Waals surface area contributed by atoms with Gasteiger partial charge in [-0.25, -0.2) is 9.59 Å². The minimum Gasteiger partial charge on any atom is -0.478 e. The van der Waals surface area contributed by atoms with Crippen molar-refractivity contribution >= 4 is 69.9 Å². The van der Waals surface area contributed by atoms with Crippen LogP contribution in [-0.4, -0.2) is 22.2 Å². The van der Waals surface area contributed by atoms with Crippen LogP contribution in [0.3, 0.4) is 0 Å². The first-order chi connectivity index (χ1) is 14.8. The summed E-state index contributed by atoms with van der Waals surface area (Å²) in [7, 11) is 0. The number of carbonyl (C=O) groups is 2. The Morgan fingerprint density at radius 2 is 1.03 bits per heavy atom. The zero-order chi connectivity index (χ0) is 24.6. The summed E-state index contributed by atoms with van der Waals surface area (Å²) in [6.07, 6.45) is 0. The Bertz CT molecular complexity index is 1090. The van der Waals surface area contributed by atoms with Crippen LogP contribution in [0.1, 0.15) is 37.4 Å². The number of aryl methyl sites for hydroxylation is 2. The molecule has 3 aromatic rings. The summed E-state index contributed by atoms with van der Waals surface area (Å²) in [5.74, 6) is -2.24. The van der Waals surface area contributed by atoms with Crippen LogP contribution in [0.5, 0.6) is 0 Å². The molecule has 2 N–H and O–H groups in total. The predicted octanol–water partition coefficient (Wildman–Crippen LogP) is 8.64. The number of rotatable bonds is 2. The van der Waals surface area contributed by atoms with E-state index in [1.807, 2.05) is 26.0 Å². The maximum atomic E-state index is 10.5. The topological polar surface area (TPSA) is 74.6 Å². The van der Waals surface area contributed by atoms with Crippen LogP contribution in [0.15, 0.2) is 48.5 Å². The molecule has 176 valence electrons. The first-order valence-electron chi connectivity index (χ1n) is 8.93. The molecule has 0 unspecified atom stereocenters. The van der Waals surface area contributed by atoms with Crippen LogP contribution in [0.4, 0.5) is 0 Å². The fourth-order valence-electron chi connectivity index (χ4n) is 2.25. The fourth-order valence-corrected chi connectivity index (χ4v) is 3.42. The molecule has 3 rings (SSSR count). The molecule has 3 aromatic carbocycles. The average Bonchev–Trinajstić information content (AvgIpc) is 2.69. The number of halogens is 5. The van der Waals surface area contributed by atoms with Gasteiger partial charge in [-0.1, -0.05) is 64.1 Å². The normalized spacial score (nSPS) is 9.18. The van der Waals surface area contributed by atoms with Crippen molar-refractivity contribution < 1.29 is 85.2 Å². The van der Waals surface area contributed by atoms with Gasteiger partial charge >= 0.3 is 11.9 Å². The second kappa shape index (κ2) is 17.7. The third-order valence-corrected chi connectivity index (χ3v) is 5.63. The molecule has 2 radical (unpaired) electrons. The molecule has 0 bridgehead atoms. The zero-order valence-electron chi connectivity index (χ0n) is 18.4. The Kier molecular flexibility index (Phi) is 18.9. The second-order valence-electron chi connectivity index (χ2n) is 6.61. The van der Waals surface area contributed by atoms with Crippen molar-refractivity contribution in [2.45, 2.75) is 20.8 Å². The van der Waals surface area contributed by atoms with E-state index in [1.165, 1.54) is 12.1 Å². The molecule has 0 aliphatic carbocycles. The number of hydrogen-bond acceptors (Lipinski definition) is 2. The van der Waals surface area contributed by atoms with Gasteiger partial charge in [-0.3, -0.25) is 0 Å². The van der Waals surface area contributed by atoms with Crippen molar-refractivity contribution in [3.05, 3.63) is 101 Å². The van der Waals surface area contributed by atoms with Gasteiger partial charge in [-0.15, -0.1) is 0 Å². The average molecular weight is 714 g/mol. The van der Waals surface area contributed by atoms with Crippen molar-refractivity contribution in [2.24, 2.45) is 0 Å². The molecule has 11 heteroatoms. The van der Waals surface area contributed by atoms with Crippen LogP contribution in [0, 0.1) is 20.8 Å². The van der Waals surface area contributed by atoms with Crippen molar-refractivity contribution in [3.8, 4) is 0 Å². The minimum absolute atomic E-state index is 0. The molecule has 34 heavy (non-hydrogen) atoms. The van der Waals surface area contributed by atoms with Gasteiger partial charge < -0.3 is 10.2 Å². The molecule has 0 aliphatic rings. The first kappa shape index (κ1) is 36.4. The van der Waals surface area contributed by atoms with E-state index in [-0.39, 0.29) is 76.5 Å². The Hall–Kier alpha value is 0.258. The Morgan fingerprint density at radius 1 is 0.588 bits per heavy atom. The molecule has 0 atom stereocenters. The van der Waals surface area contributed by atoms with Crippen LogP contribution >= 0.6 is 58.0 Å². The summed E-state index contributed by atoms with van der Waals surface area (Å²) >= 11 is 28.5. The van der Waals surface area contributed by atoms with E-state index < -0.39 is 11.9 Å². The third kappa shape index (κ3) is 13.0. The minimum atomic E-state index is -1.12. The summed E-state index contributed by atoms with van der Waals surface area (Å²) in [5, 5.41) is 20.3. The summed E-state index contributed by atoms with van der Waals surface area (Å²) in [6.45, 7) is 5.47. The fraction of sp³-hybridized carbons (Fsp3) is 0.130. The number of hydrogen-bond donors (Lipinski definition) is 2. The van der Waals surface area contributed by atoms with Crippen molar-refractivity contribution in [1.82, 2.24) is 0 Å². The molecule has 0 aliphatic heterocycles. The molecule has 0 heterocycles. The van der Waals surface area contributed by atoms with E-state index in [2.05, 4.69) is 0 Å². The van der Waals surface area contributed by atoms with Gasteiger partial charge in [0.15, 0.2) is 0 Å². The molecule has 0 amide bonds. The standard InChI is InChI=1S/C9H8O4.C7H5Cl3.C7H6Cl2.2Y/c1-5-2-6(8(10)11)4-7(3-5)9(12)13;1-4-6(9)2-5(8)3-7(4)10;1-5-2-3-6(8)7(9)4-5;;/h2-4H,1H3,(H,10,11)(H,12,13);2-3H,1H3;2-4H,1H3;;. The Balaban J connectivity index is 0. The van der Waals surface area contributed by atoms with Crippen molar-refractivity contribution in [2.75, 3.05) is 0 Å². The molecule has 0 fully saturated rings. The third-order valence-electron chi connectivity index (χ3n) is 3.89. The second-order valence-corrected chi connectivity index (χ2v) is 8.68. The molecular formula is C23H19Cl5O4Y2. The molecule has 0 saturated carbocycles. The van der Waals surface area contributed by atoms with Gasteiger partial charge in [0.2, 0.25) is 0 Å². The van der Waals surface area contributed by atoms with E-state index in [0.29, 0.717) is 30.7 Å². The Morgan fingerprint density at radius 3 is 1.38 bits per heavy atom. The summed E-state index contributed by atoms with van der Waals surface area (Å²) in [5.41, 5.74) is 2.62. The number of aromatic carboxylic acids is 2. The van der Waals surface area contributed by atoms with E-state index in [1.54, 1.807) is 25.1 Å². The van der Waals surface area contributed by atoms with Gasteiger partial charge in [-0.2, -0.15) is 0 Å². The predicted molar refractivity (Wildman–Crippen MR) is 133 cm³/mol. The summed E-state index contributed by atoms with van der Waals surface area (Å²) in [6, 6.07) is 12.9. The SMILES string of the molecule is Cc1c(Cl)cc(Cl)cc1Cl.Cc1cc(C(=O)O)cc(C(=O)O)c1.Cc1ccc(Cl)c(Cl)c1.[Y].[Y]. The first-order valence-corrected chi connectivity index (χ1v) is 10.8. The van der Waals surface area contributed by atoms with Crippen molar-refractivity contribution in [3.63, 3.8) is 0 Å². The van der Waals surface area contributed by atoms with E-state index in [9.17, 15) is 9.59 Å². The van der Waals surface area contributed by atoms with Crippen LogP contribution in [-0.2, 0) is 65.4 Å². The van der Waals surface area contributed by atoms with Gasteiger partial charge in [0.05, 0.1) is 21.2 Å². The summed E-state index contributed by atoms with van der Waals surface area (Å²) in [4.78, 5) is 21.1. The van der Waals surface area contributed by atoms with Crippen LogP contribution < -0.4 is 0 Å². The molecular weight excluding hydrogens is 695 g/mol. The Labute approximate surface area is 274 Å². The number of benzene rings is 3. The van der Waals surface area contributed by atoms with E-state index in [0.717, 1.165) is 17.2 Å². The maximum Gasteiger partial charge on any atom is 0.335 e. The number of carboxylic acid groups (broad SMARTS) is 2. The van der Waals surface area contributed by atoms with E-state index >= 15 is 0 Å². The zero-order valence-corrected chi connectivity index (χ0v) is 27.8. The van der Waals surface area contributed by atoms with E-state index in [4.69, 9.17) is 68.2 Å². The molecule has 4 nitrogen and oxygen atoms in total. The molecule has 0 spiro atoms. The van der Waals surface area contributed by atoms with Gasteiger partial charge in [0.1, 0.15) is 0 Å². The summed E-state index contributed by atoms with van der Waals surface area (Å²) < 4.78 is 0. The van der Waals surface area contributed by atoms with Crippen LogP contribution in [0.25, 0.3) is 0 Å². The largest absolute Gasteiger partial charge is 0.478 e. The number of carboxylic acids is 2. The van der Waals surface area contributed by atoms with Crippen LogP contribution in [0.2, 0.25) is 25.1 Å². The molecule has 0 saturated heterocycles. The smallest absolute Gasteiger partial charge is 0.335 e. The van der Waals surface area contributed by atoms with Crippen molar-refractivity contribution in [1.29, 1.82) is 0 Å². The van der Waals surface area contributed by atoms with Gasteiger partial charge in [0.25, 0.3) is 0 Å². The van der Waals surface area contributed by atoms with Gasteiger partial charge in [0, 0.05) is 80.5 Å². The van der Waals surface area contributed by atoms with Gasteiger partial charge in [-0.05, 0) is 79.9 Å². The monoisotopic (exact) mass is 712 g/mol. The quantitative estimate of drug-likeness (QED) is 0.279.